The minimum atomic E-state index is -3.61. The third-order valence-corrected chi connectivity index (χ3v) is 5.50. The first-order valence-electron chi connectivity index (χ1n) is 9.00. The highest BCUT2D eigenvalue weighted by molar-refractivity contribution is 7.88. The minimum Gasteiger partial charge on any atom is -0.493 e. The van der Waals surface area contributed by atoms with Gasteiger partial charge in [0.1, 0.15) is 12.4 Å². The minimum absolute atomic E-state index is 0.0903. The number of halogens is 1. The highest BCUT2D eigenvalue weighted by Gasteiger charge is 2.13. The van der Waals surface area contributed by atoms with Gasteiger partial charge in [-0.15, -0.1) is 0 Å². The van der Waals surface area contributed by atoms with Crippen LogP contribution in [0.2, 0.25) is 0 Å². The van der Waals surface area contributed by atoms with E-state index >= 15 is 0 Å². The van der Waals surface area contributed by atoms with Crippen LogP contribution < -0.4 is 14.2 Å². The maximum atomic E-state index is 13.2. The van der Waals surface area contributed by atoms with Gasteiger partial charge in [-0.25, -0.2) is 17.5 Å². The van der Waals surface area contributed by atoms with E-state index in [1.165, 1.54) is 25.3 Å². The van der Waals surface area contributed by atoms with E-state index < -0.39 is 15.8 Å². The van der Waals surface area contributed by atoms with Crippen molar-refractivity contribution in [1.29, 1.82) is 0 Å². The molecule has 29 heavy (non-hydrogen) atoms. The zero-order valence-corrected chi connectivity index (χ0v) is 16.8. The Hall–Kier alpha value is -2.90. The Labute approximate surface area is 170 Å². The first-order valence-corrected chi connectivity index (χ1v) is 10.7. The maximum absolute atomic E-state index is 13.2. The number of sulfonamides is 1. The van der Waals surface area contributed by atoms with Crippen molar-refractivity contribution in [3.05, 3.63) is 95.3 Å². The van der Waals surface area contributed by atoms with Gasteiger partial charge in [0, 0.05) is 6.54 Å². The summed E-state index contributed by atoms with van der Waals surface area (Å²) in [5.41, 5.74) is 2.14. The van der Waals surface area contributed by atoms with Crippen molar-refractivity contribution in [2.24, 2.45) is 0 Å². The van der Waals surface area contributed by atoms with Gasteiger partial charge < -0.3 is 9.47 Å². The van der Waals surface area contributed by atoms with Crippen LogP contribution in [0.4, 0.5) is 4.39 Å². The maximum Gasteiger partial charge on any atom is 0.216 e. The van der Waals surface area contributed by atoms with E-state index in [9.17, 15) is 12.8 Å². The lowest BCUT2D eigenvalue weighted by molar-refractivity contribution is 0.284. The van der Waals surface area contributed by atoms with Crippen LogP contribution >= 0.6 is 0 Å². The summed E-state index contributed by atoms with van der Waals surface area (Å²) in [6.07, 6.45) is 0. The molecule has 0 aliphatic rings. The lowest BCUT2D eigenvalue weighted by Gasteiger charge is -2.13. The molecule has 0 heterocycles. The normalized spacial score (nSPS) is 11.2. The molecule has 0 unspecified atom stereocenters. The van der Waals surface area contributed by atoms with E-state index in [-0.39, 0.29) is 12.3 Å². The quantitative estimate of drug-likeness (QED) is 0.573. The summed E-state index contributed by atoms with van der Waals surface area (Å²) < 4.78 is 51.5. The van der Waals surface area contributed by atoms with Crippen molar-refractivity contribution in [1.82, 2.24) is 4.72 Å². The summed E-state index contributed by atoms with van der Waals surface area (Å²) in [6, 6.07) is 20.5. The molecule has 0 aromatic heterocycles. The Bertz CT molecular complexity index is 1060. The number of nitrogens with one attached hydrogen (secondary N) is 1. The molecule has 0 atom stereocenters. The van der Waals surface area contributed by atoms with Crippen LogP contribution in [0.15, 0.2) is 72.8 Å². The molecule has 1 N–H and O–H groups in total. The van der Waals surface area contributed by atoms with Gasteiger partial charge in [0.2, 0.25) is 10.0 Å². The van der Waals surface area contributed by atoms with E-state index in [1.807, 2.05) is 30.3 Å². The molecule has 3 aromatic rings. The molecule has 3 aromatic carbocycles. The molecule has 7 heteroatoms. The second-order valence-electron chi connectivity index (χ2n) is 6.47. The molecular formula is C22H22FNO4S. The fourth-order valence-electron chi connectivity index (χ4n) is 2.77. The lowest BCUT2D eigenvalue weighted by atomic mass is 10.2. The van der Waals surface area contributed by atoms with Gasteiger partial charge in [-0.3, -0.25) is 0 Å². The van der Waals surface area contributed by atoms with E-state index in [0.717, 1.165) is 11.1 Å². The van der Waals surface area contributed by atoms with Crippen LogP contribution in [-0.2, 0) is 28.9 Å². The third-order valence-electron chi connectivity index (χ3n) is 4.21. The second-order valence-corrected chi connectivity index (χ2v) is 8.28. The van der Waals surface area contributed by atoms with Gasteiger partial charge in [0.25, 0.3) is 0 Å². The van der Waals surface area contributed by atoms with Crippen molar-refractivity contribution in [2.75, 3.05) is 7.11 Å². The number of benzene rings is 3. The van der Waals surface area contributed by atoms with Crippen LogP contribution in [-0.4, -0.2) is 15.5 Å². The van der Waals surface area contributed by atoms with Crippen LogP contribution in [0.5, 0.6) is 11.5 Å². The van der Waals surface area contributed by atoms with Gasteiger partial charge in [-0.1, -0.05) is 48.5 Å². The molecule has 3 rings (SSSR count). The van der Waals surface area contributed by atoms with Gasteiger partial charge in [0.05, 0.1) is 12.9 Å². The fraction of sp³-hybridized carbons (Fsp3) is 0.182. The summed E-state index contributed by atoms with van der Waals surface area (Å²) in [5, 5.41) is 0. The lowest BCUT2D eigenvalue weighted by Crippen LogP contribution is -2.24. The standard InChI is InChI=1S/C22H22FNO4S/c1-27-22-13-18(10-11-21(22)28-15-17-6-3-2-4-7-17)14-24-29(25,26)16-19-8-5-9-20(23)12-19/h2-13,24H,14-16H2,1H3. The molecule has 0 amide bonds. The number of rotatable bonds is 9. The Kier molecular flexibility index (Phi) is 6.85. The summed E-state index contributed by atoms with van der Waals surface area (Å²) in [6.45, 7) is 0.490. The third kappa shape index (κ3) is 6.30. The summed E-state index contributed by atoms with van der Waals surface area (Å²) in [7, 11) is -2.08. The predicted molar refractivity (Wildman–Crippen MR) is 110 cm³/mol. The molecule has 0 spiro atoms. The molecule has 0 bridgehead atoms. The Morgan fingerprint density at radius 2 is 1.62 bits per heavy atom. The predicted octanol–water partition coefficient (Wildman–Crippen LogP) is 4.03. The number of methoxy groups -OCH3 is 1. The number of hydrogen-bond acceptors (Lipinski definition) is 4. The van der Waals surface area contributed by atoms with E-state index in [1.54, 1.807) is 24.3 Å². The second kappa shape index (κ2) is 9.54. The average molecular weight is 415 g/mol. The summed E-state index contributed by atoms with van der Waals surface area (Å²) in [5.74, 6) is 0.333. The van der Waals surface area contributed by atoms with E-state index in [2.05, 4.69) is 4.72 Å². The molecule has 0 radical (unpaired) electrons. The van der Waals surface area contributed by atoms with Crippen LogP contribution in [0.3, 0.4) is 0 Å². The van der Waals surface area contributed by atoms with Gasteiger partial charge in [-0.05, 0) is 41.0 Å². The van der Waals surface area contributed by atoms with Crippen LogP contribution in [0.25, 0.3) is 0 Å². The molecule has 5 nitrogen and oxygen atoms in total. The van der Waals surface area contributed by atoms with Crippen molar-refractivity contribution < 1.29 is 22.3 Å². The fourth-order valence-corrected chi connectivity index (χ4v) is 3.87. The molecule has 0 aliphatic carbocycles. The Balaban J connectivity index is 1.62. The number of hydrogen-bond donors (Lipinski definition) is 1. The molecule has 152 valence electrons. The molecule has 0 fully saturated rings. The molecule has 0 aliphatic heterocycles. The van der Waals surface area contributed by atoms with Crippen molar-refractivity contribution >= 4 is 10.0 Å². The SMILES string of the molecule is COc1cc(CNS(=O)(=O)Cc2cccc(F)c2)ccc1OCc1ccccc1. The summed E-state index contributed by atoms with van der Waals surface area (Å²) in [4.78, 5) is 0. The number of ether oxygens (including phenoxy) is 2. The zero-order chi connectivity index (χ0) is 20.7. The summed E-state index contributed by atoms with van der Waals surface area (Å²) >= 11 is 0. The topological polar surface area (TPSA) is 64.6 Å². The first kappa shape index (κ1) is 20.8. The van der Waals surface area contributed by atoms with Crippen LogP contribution in [0.1, 0.15) is 16.7 Å². The Morgan fingerprint density at radius 1 is 0.862 bits per heavy atom. The van der Waals surface area contributed by atoms with Gasteiger partial charge in [-0.2, -0.15) is 0 Å². The van der Waals surface area contributed by atoms with Gasteiger partial charge >= 0.3 is 0 Å². The average Bonchev–Trinajstić information content (AvgIpc) is 2.71. The van der Waals surface area contributed by atoms with Crippen LogP contribution in [0, 0.1) is 5.82 Å². The molecule has 0 saturated carbocycles. The largest absolute Gasteiger partial charge is 0.493 e. The smallest absolute Gasteiger partial charge is 0.216 e. The van der Waals surface area contributed by atoms with Crippen molar-refractivity contribution in [3.63, 3.8) is 0 Å². The molecular weight excluding hydrogens is 393 g/mol. The first-order chi connectivity index (χ1) is 13.9. The van der Waals surface area contributed by atoms with Gasteiger partial charge in [0.15, 0.2) is 11.5 Å². The monoisotopic (exact) mass is 415 g/mol. The Morgan fingerprint density at radius 3 is 2.34 bits per heavy atom. The van der Waals surface area contributed by atoms with Crippen molar-refractivity contribution in [2.45, 2.75) is 18.9 Å². The molecule has 0 saturated heterocycles. The highest BCUT2D eigenvalue weighted by Crippen LogP contribution is 2.29. The van der Waals surface area contributed by atoms with E-state index in [4.69, 9.17) is 9.47 Å². The zero-order valence-electron chi connectivity index (χ0n) is 16.0. The van der Waals surface area contributed by atoms with Crippen molar-refractivity contribution in [3.8, 4) is 11.5 Å². The highest BCUT2D eigenvalue weighted by atomic mass is 32.2. The van der Waals surface area contributed by atoms with E-state index in [0.29, 0.717) is 23.7 Å².